The molecule has 0 radical (unpaired) electrons. The van der Waals surface area contributed by atoms with Crippen LogP contribution in [0, 0.1) is 10.1 Å². The predicted octanol–water partition coefficient (Wildman–Crippen LogP) is 0.237. The Labute approximate surface area is 117 Å². The predicted molar refractivity (Wildman–Crippen MR) is 66.2 cm³/mol. The van der Waals surface area contributed by atoms with Gasteiger partial charge in [0.1, 0.15) is 0 Å². The van der Waals surface area contributed by atoms with Crippen molar-refractivity contribution in [1.82, 2.24) is 0 Å². The van der Waals surface area contributed by atoms with Crippen molar-refractivity contribution < 1.29 is 37.7 Å². The molecule has 0 aromatic heterocycles. The fraction of sp³-hybridized carbons (Fsp3) is 0.200. The van der Waals surface area contributed by atoms with Gasteiger partial charge in [-0.1, -0.05) is 0 Å². The quantitative estimate of drug-likeness (QED) is 0.377. The van der Waals surface area contributed by atoms with Crippen LogP contribution in [0.2, 0.25) is 0 Å². The lowest BCUT2D eigenvalue weighted by Crippen LogP contribution is -2.45. The molecule has 0 saturated carbocycles. The number of carboxylic acids is 2. The van der Waals surface area contributed by atoms with Crippen molar-refractivity contribution in [2.75, 3.05) is 0 Å². The third kappa shape index (κ3) is 2.98. The molecule has 21 heavy (non-hydrogen) atoms. The van der Waals surface area contributed by atoms with E-state index < -0.39 is 49.4 Å². The summed E-state index contributed by atoms with van der Waals surface area (Å²) in [5.74, 6) is -3.89. The number of benzene rings is 1. The summed E-state index contributed by atoms with van der Waals surface area (Å²) in [5.41, 5.74) is -1.06. The number of aliphatic carboxylic acids is 2. The summed E-state index contributed by atoms with van der Waals surface area (Å²) in [7, 11) is -5.36. The van der Waals surface area contributed by atoms with E-state index >= 15 is 0 Å². The number of carboxylic acid groups (broad SMARTS) is 2. The number of hydrogen-bond acceptors (Lipinski definition) is 6. The van der Waals surface area contributed by atoms with Gasteiger partial charge in [0.15, 0.2) is 0 Å². The van der Waals surface area contributed by atoms with Crippen LogP contribution in [0.1, 0.15) is 12.0 Å². The number of nitro groups is 1. The highest BCUT2D eigenvalue weighted by Gasteiger charge is 2.54. The summed E-state index contributed by atoms with van der Waals surface area (Å²) in [4.78, 5) is 31.7. The first kappa shape index (κ1) is 16.5. The standard InChI is InChI=1S/C10H9NO9S/c12-8(13)5-10(9(14)15,21(18,19)20)6-1-3-7(4-2-6)11(16)17/h1-4H,5H2,(H,12,13)(H,14,15)(H,18,19,20). The Kier molecular flexibility index (Phi) is 4.29. The summed E-state index contributed by atoms with van der Waals surface area (Å²) in [6, 6.07) is 3.14. The molecule has 1 rings (SSSR count). The molecule has 3 N–H and O–H groups in total. The molecule has 10 nitrogen and oxygen atoms in total. The number of carbonyl (C=O) groups is 2. The Hall–Kier alpha value is -2.53. The molecule has 1 atom stereocenters. The third-order valence-corrected chi connectivity index (χ3v) is 4.17. The smallest absolute Gasteiger partial charge is 0.332 e. The Bertz CT molecular complexity index is 694. The van der Waals surface area contributed by atoms with Crippen LogP contribution in [-0.4, -0.2) is 40.0 Å². The number of hydrogen-bond donors (Lipinski definition) is 3. The van der Waals surface area contributed by atoms with Gasteiger partial charge in [-0.2, -0.15) is 8.42 Å². The highest BCUT2D eigenvalue weighted by atomic mass is 32.2. The third-order valence-electron chi connectivity index (χ3n) is 2.73. The van der Waals surface area contributed by atoms with E-state index in [0.29, 0.717) is 0 Å². The van der Waals surface area contributed by atoms with Crippen LogP contribution >= 0.6 is 0 Å². The van der Waals surface area contributed by atoms with Gasteiger partial charge in [-0.15, -0.1) is 0 Å². The second-order valence-electron chi connectivity index (χ2n) is 3.98. The molecule has 0 aliphatic heterocycles. The highest BCUT2D eigenvalue weighted by molar-refractivity contribution is 7.87. The van der Waals surface area contributed by atoms with Crippen molar-refractivity contribution in [3.05, 3.63) is 39.9 Å². The Morgan fingerprint density at radius 2 is 1.67 bits per heavy atom. The molecule has 0 amide bonds. The lowest BCUT2D eigenvalue weighted by Gasteiger charge is -2.24. The van der Waals surface area contributed by atoms with Gasteiger partial charge in [0.2, 0.25) is 4.75 Å². The van der Waals surface area contributed by atoms with E-state index in [1.807, 2.05) is 0 Å². The van der Waals surface area contributed by atoms with Crippen molar-refractivity contribution >= 4 is 27.7 Å². The number of non-ortho nitro benzene ring substituents is 1. The SMILES string of the molecule is O=C(O)CC(C(=O)O)(c1ccc([N+](=O)[O-])cc1)S(=O)(=O)O. The van der Waals surface area contributed by atoms with Gasteiger partial charge in [-0.05, 0) is 17.7 Å². The molecule has 1 unspecified atom stereocenters. The van der Waals surface area contributed by atoms with E-state index in [9.17, 15) is 32.7 Å². The maximum Gasteiger partial charge on any atom is 0.332 e. The fourth-order valence-corrected chi connectivity index (χ4v) is 2.68. The van der Waals surface area contributed by atoms with Gasteiger partial charge in [0, 0.05) is 12.1 Å². The van der Waals surface area contributed by atoms with Crippen LogP contribution in [0.15, 0.2) is 24.3 Å². The van der Waals surface area contributed by atoms with Crippen molar-refractivity contribution in [2.24, 2.45) is 0 Å². The summed E-state index contributed by atoms with van der Waals surface area (Å²) in [5, 5.41) is 28.3. The first-order chi connectivity index (χ1) is 9.52. The average Bonchev–Trinajstić information content (AvgIpc) is 2.33. The van der Waals surface area contributed by atoms with Gasteiger partial charge in [0.25, 0.3) is 15.8 Å². The van der Waals surface area contributed by atoms with Crippen LogP contribution in [-0.2, 0) is 24.5 Å². The van der Waals surface area contributed by atoms with E-state index in [1.54, 1.807) is 0 Å². The van der Waals surface area contributed by atoms with E-state index in [1.165, 1.54) is 0 Å². The topological polar surface area (TPSA) is 172 Å². The maximum atomic E-state index is 11.4. The van der Waals surface area contributed by atoms with Gasteiger partial charge >= 0.3 is 11.9 Å². The van der Waals surface area contributed by atoms with Crippen LogP contribution in [0.5, 0.6) is 0 Å². The summed E-state index contributed by atoms with van der Waals surface area (Å²) in [6.07, 6.45) is -1.45. The zero-order chi connectivity index (χ0) is 16.4. The Balaban J connectivity index is 3.60. The molecule has 0 fully saturated rings. The van der Waals surface area contributed by atoms with Crippen LogP contribution in [0.25, 0.3) is 0 Å². The lowest BCUT2D eigenvalue weighted by atomic mass is 9.94. The van der Waals surface area contributed by atoms with Crippen molar-refractivity contribution in [2.45, 2.75) is 11.2 Å². The normalized spacial score (nSPS) is 14.1. The Morgan fingerprint density at radius 1 is 1.19 bits per heavy atom. The van der Waals surface area contributed by atoms with Gasteiger partial charge in [0.05, 0.1) is 11.3 Å². The summed E-state index contributed by atoms with van der Waals surface area (Å²) >= 11 is 0. The monoisotopic (exact) mass is 319 g/mol. The van der Waals surface area contributed by atoms with Gasteiger partial charge in [-0.3, -0.25) is 24.3 Å². The molecule has 0 spiro atoms. The van der Waals surface area contributed by atoms with Crippen molar-refractivity contribution in [1.29, 1.82) is 0 Å². The molecular weight excluding hydrogens is 310 g/mol. The minimum Gasteiger partial charge on any atom is -0.481 e. The zero-order valence-corrected chi connectivity index (χ0v) is 11.0. The molecule has 0 heterocycles. The van der Waals surface area contributed by atoms with Crippen molar-refractivity contribution in [3.8, 4) is 0 Å². The van der Waals surface area contributed by atoms with Crippen LogP contribution in [0.3, 0.4) is 0 Å². The van der Waals surface area contributed by atoms with E-state index in [0.717, 1.165) is 24.3 Å². The van der Waals surface area contributed by atoms with Crippen LogP contribution in [0.4, 0.5) is 5.69 Å². The van der Waals surface area contributed by atoms with Crippen molar-refractivity contribution in [3.63, 3.8) is 0 Å². The second-order valence-corrected chi connectivity index (χ2v) is 5.63. The molecule has 0 aliphatic carbocycles. The molecule has 114 valence electrons. The van der Waals surface area contributed by atoms with Gasteiger partial charge in [-0.25, -0.2) is 0 Å². The fourth-order valence-electron chi connectivity index (χ4n) is 1.72. The highest BCUT2D eigenvalue weighted by Crippen LogP contribution is 2.35. The second kappa shape index (κ2) is 5.46. The number of rotatable bonds is 6. The van der Waals surface area contributed by atoms with E-state index in [2.05, 4.69) is 0 Å². The zero-order valence-electron chi connectivity index (χ0n) is 10.2. The molecule has 1 aromatic carbocycles. The Morgan fingerprint density at radius 3 is 1.95 bits per heavy atom. The molecule has 0 bridgehead atoms. The molecule has 0 aliphatic rings. The average molecular weight is 319 g/mol. The summed E-state index contributed by atoms with van der Waals surface area (Å²) in [6.45, 7) is 0. The molecule has 11 heteroatoms. The van der Waals surface area contributed by atoms with E-state index in [4.69, 9.17) is 10.2 Å². The molecular formula is C10H9NO9S. The number of nitro benzene ring substituents is 1. The first-order valence-electron chi connectivity index (χ1n) is 5.19. The molecule has 0 saturated heterocycles. The maximum absolute atomic E-state index is 11.4. The minimum absolute atomic E-state index is 0.455. The summed E-state index contributed by atoms with van der Waals surface area (Å²) < 4.78 is 28.9. The number of nitrogens with zero attached hydrogens (tertiary/aromatic N) is 1. The van der Waals surface area contributed by atoms with Crippen LogP contribution < -0.4 is 0 Å². The van der Waals surface area contributed by atoms with Gasteiger partial charge < -0.3 is 10.2 Å². The first-order valence-corrected chi connectivity index (χ1v) is 6.63. The lowest BCUT2D eigenvalue weighted by molar-refractivity contribution is -0.384. The largest absolute Gasteiger partial charge is 0.481 e. The van der Waals surface area contributed by atoms with E-state index in [-0.39, 0.29) is 0 Å². The molecule has 1 aromatic rings. The minimum atomic E-state index is -5.36.